The van der Waals surface area contributed by atoms with E-state index in [9.17, 15) is 0 Å². The number of hydrogen-bond acceptors (Lipinski definition) is 6. The maximum Gasteiger partial charge on any atom is 0.163 e. The van der Waals surface area contributed by atoms with Gasteiger partial charge in [-0.05, 0) is 60.7 Å². The van der Waals surface area contributed by atoms with Crippen LogP contribution in [0.1, 0.15) is 0 Å². The fraction of sp³-hybridized carbons (Fsp3) is 0. The molecular formula is C35H20N6O. The van der Waals surface area contributed by atoms with Crippen molar-refractivity contribution in [2.45, 2.75) is 0 Å². The zero-order valence-electron chi connectivity index (χ0n) is 22.1. The summed E-state index contributed by atoms with van der Waals surface area (Å²) in [6.45, 7) is 0. The lowest BCUT2D eigenvalue weighted by molar-refractivity contribution is 0.673. The van der Waals surface area contributed by atoms with Gasteiger partial charge in [0.1, 0.15) is 5.52 Å². The lowest BCUT2D eigenvalue weighted by Crippen LogP contribution is -1.99. The van der Waals surface area contributed by atoms with Gasteiger partial charge in [0.25, 0.3) is 0 Å². The summed E-state index contributed by atoms with van der Waals surface area (Å²) in [6.07, 6.45) is 6.98. The number of benzene rings is 3. The fourth-order valence-electron chi connectivity index (χ4n) is 5.98. The second-order valence-corrected chi connectivity index (χ2v) is 10.2. The van der Waals surface area contributed by atoms with Gasteiger partial charge in [0.2, 0.25) is 0 Å². The standard InChI is InChI=1S/C35H20N6O/c1-2-10-31-22(7-1)23-11-12-25-24-13-14-28-32(39-18-17-38-28)34(24)42-35(25)33(23)41(31)21-19-29(26-8-3-5-15-36-26)40-30(20-21)27-9-4-6-16-37-27/h1-20H. The first kappa shape index (κ1) is 22.8. The Bertz CT molecular complexity index is 2410. The van der Waals surface area contributed by atoms with Crippen molar-refractivity contribution in [2.75, 3.05) is 0 Å². The van der Waals surface area contributed by atoms with Crippen LogP contribution < -0.4 is 0 Å². The molecule has 42 heavy (non-hydrogen) atoms. The van der Waals surface area contributed by atoms with Crippen LogP contribution >= 0.6 is 0 Å². The predicted octanol–water partition coefficient (Wildman–Crippen LogP) is 8.15. The Balaban J connectivity index is 1.44. The van der Waals surface area contributed by atoms with E-state index in [0.717, 1.165) is 83.2 Å². The lowest BCUT2D eigenvalue weighted by atomic mass is 10.1. The van der Waals surface area contributed by atoms with E-state index in [1.165, 1.54) is 0 Å². The third-order valence-corrected chi connectivity index (χ3v) is 7.80. The van der Waals surface area contributed by atoms with Gasteiger partial charge in [-0.15, -0.1) is 0 Å². The minimum Gasteiger partial charge on any atom is -0.451 e. The number of hydrogen-bond donors (Lipinski definition) is 0. The normalized spacial score (nSPS) is 11.8. The zero-order chi connectivity index (χ0) is 27.6. The van der Waals surface area contributed by atoms with Crippen LogP contribution in [0.4, 0.5) is 0 Å². The van der Waals surface area contributed by atoms with Gasteiger partial charge in [0, 0.05) is 46.3 Å². The Kier molecular flexibility index (Phi) is 4.77. The number of nitrogens with zero attached hydrogens (tertiary/aromatic N) is 6. The van der Waals surface area contributed by atoms with E-state index in [0.29, 0.717) is 0 Å². The summed E-state index contributed by atoms with van der Waals surface area (Å²) < 4.78 is 9.00. The molecule has 0 fully saturated rings. The molecule has 0 spiro atoms. The van der Waals surface area contributed by atoms with Crippen molar-refractivity contribution in [1.82, 2.24) is 29.5 Å². The van der Waals surface area contributed by atoms with Gasteiger partial charge in [-0.1, -0.05) is 36.4 Å². The first-order valence-corrected chi connectivity index (χ1v) is 13.7. The highest BCUT2D eigenvalue weighted by atomic mass is 16.3. The minimum atomic E-state index is 0.734. The summed E-state index contributed by atoms with van der Waals surface area (Å²) in [4.78, 5) is 23.3. The highest BCUT2D eigenvalue weighted by Gasteiger charge is 2.21. The maximum absolute atomic E-state index is 6.74. The molecule has 9 aromatic rings. The average molecular weight is 541 g/mol. The number of fused-ring (bicyclic) bond motifs is 9. The highest BCUT2D eigenvalue weighted by Crippen LogP contribution is 2.42. The summed E-state index contributed by atoms with van der Waals surface area (Å²) in [5.74, 6) is 0. The molecule has 0 N–H and O–H groups in total. The van der Waals surface area contributed by atoms with Crippen molar-refractivity contribution in [3.63, 3.8) is 0 Å². The van der Waals surface area contributed by atoms with Gasteiger partial charge in [-0.3, -0.25) is 15.0 Å². The van der Waals surface area contributed by atoms with Crippen molar-refractivity contribution in [3.8, 4) is 28.5 Å². The summed E-state index contributed by atoms with van der Waals surface area (Å²) in [7, 11) is 0. The Labute approximate surface area is 238 Å². The van der Waals surface area contributed by atoms with Crippen LogP contribution in [0.15, 0.2) is 126 Å². The Hall–Kier alpha value is -5.95. The van der Waals surface area contributed by atoms with E-state index in [2.05, 4.69) is 79.1 Å². The molecule has 0 saturated heterocycles. The molecule has 0 atom stereocenters. The van der Waals surface area contributed by atoms with Crippen molar-refractivity contribution in [1.29, 1.82) is 0 Å². The van der Waals surface area contributed by atoms with Crippen LogP contribution in [0.2, 0.25) is 0 Å². The monoisotopic (exact) mass is 540 g/mol. The Morgan fingerprint density at radius 3 is 1.93 bits per heavy atom. The Morgan fingerprint density at radius 1 is 0.500 bits per heavy atom. The third kappa shape index (κ3) is 3.31. The van der Waals surface area contributed by atoms with Crippen LogP contribution in [0.25, 0.3) is 83.2 Å². The van der Waals surface area contributed by atoms with Gasteiger partial charge < -0.3 is 8.98 Å². The molecule has 0 amide bonds. The summed E-state index contributed by atoms with van der Waals surface area (Å²) in [6, 6.07) is 32.7. The molecule has 0 aliphatic carbocycles. The van der Waals surface area contributed by atoms with E-state index >= 15 is 0 Å². The van der Waals surface area contributed by atoms with Crippen molar-refractivity contribution in [3.05, 3.63) is 122 Å². The van der Waals surface area contributed by atoms with Crippen LogP contribution in [0.5, 0.6) is 0 Å². The van der Waals surface area contributed by atoms with Crippen LogP contribution in [0, 0.1) is 0 Å². The minimum absolute atomic E-state index is 0.734. The lowest BCUT2D eigenvalue weighted by Gasteiger charge is -2.12. The molecule has 0 aliphatic rings. The highest BCUT2D eigenvalue weighted by molar-refractivity contribution is 6.23. The zero-order valence-corrected chi connectivity index (χ0v) is 22.1. The molecule has 0 unspecified atom stereocenters. The third-order valence-electron chi connectivity index (χ3n) is 7.80. The van der Waals surface area contributed by atoms with Gasteiger partial charge in [0.05, 0.1) is 45.0 Å². The quantitative estimate of drug-likeness (QED) is 0.225. The first-order valence-electron chi connectivity index (χ1n) is 13.7. The summed E-state index contributed by atoms with van der Waals surface area (Å²) in [5.41, 5.74) is 9.17. The van der Waals surface area contributed by atoms with E-state index in [1.54, 1.807) is 24.8 Å². The predicted molar refractivity (Wildman–Crippen MR) is 165 cm³/mol. The first-order chi connectivity index (χ1) is 20.8. The molecule has 7 nitrogen and oxygen atoms in total. The number of rotatable bonds is 3. The second kappa shape index (κ2) is 8.78. The molecule has 9 rings (SSSR count). The molecule has 196 valence electrons. The number of pyridine rings is 3. The number of para-hydroxylation sites is 1. The van der Waals surface area contributed by atoms with Gasteiger partial charge in [-0.25, -0.2) is 9.97 Å². The van der Waals surface area contributed by atoms with Gasteiger partial charge >= 0.3 is 0 Å². The van der Waals surface area contributed by atoms with Gasteiger partial charge in [0.15, 0.2) is 11.2 Å². The number of furan rings is 1. The number of aromatic nitrogens is 6. The smallest absolute Gasteiger partial charge is 0.163 e. The van der Waals surface area contributed by atoms with E-state index in [4.69, 9.17) is 9.40 Å². The van der Waals surface area contributed by atoms with Crippen LogP contribution in [0.3, 0.4) is 0 Å². The molecule has 6 aromatic heterocycles. The molecular weight excluding hydrogens is 520 g/mol. The van der Waals surface area contributed by atoms with Crippen molar-refractivity contribution in [2.24, 2.45) is 0 Å². The topological polar surface area (TPSA) is 82.5 Å². The molecule has 7 heteroatoms. The van der Waals surface area contributed by atoms with Gasteiger partial charge in [-0.2, -0.15) is 0 Å². The molecule has 0 radical (unpaired) electrons. The van der Waals surface area contributed by atoms with E-state index < -0.39 is 0 Å². The summed E-state index contributed by atoms with van der Waals surface area (Å²) >= 11 is 0. The molecule has 6 heterocycles. The van der Waals surface area contributed by atoms with Crippen LogP contribution in [-0.4, -0.2) is 29.5 Å². The Morgan fingerprint density at radius 2 is 1.17 bits per heavy atom. The molecule has 3 aromatic carbocycles. The SMILES string of the molecule is c1ccc(-c2cc(-n3c4ccccc4c4ccc5c6ccc7nccnc7c6oc5c43)cc(-c3ccccn3)n2)nc1. The van der Waals surface area contributed by atoms with E-state index in [1.807, 2.05) is 42.5 Å². The van der Waals surface area contributed by atoms with Crippen molar-refractivity contribution >= 4 is 54.8 Å². The fourth-order valence-corrected chi connectivity index (χ4v) is 5.98. The molecule has 0 aliphatic heterocycles. The van der Waals surface area contributed by atoms with Crippen molar-refractivity contribution < 1.29 is 4.42 Å². The molecule has 0 saturated carbocycles. The average Bonchev–Trinajstić information content (AvgIpc) is 3.62. The maximum atomic E-state index is 6.74. The van der Waals surface area contributed by atoms with E-state index in [-0.39, 0.29) is 0 Å². The second-order valence-electron chi connectivity index (χ2n) is 10.2. The van der Waals surface area contributed by atoms with Crippen LogP contribution in [-0.2, 0) is 0 Å². The molecule has 0 bridgehead atoms. The largest absolute Gasteiger partial charge is 0.451 e. The summed E-state index contributed by atoms with van der Waals surface area (Å²) in [5, 5.41) is 4.27.